The molecule has 1 aromatic heterocycles. The molecular weight excluding hydrogens is 565 g/mol. The van der Waals surface area contributed by atoms with Gasteiger partial charge in [0.2, 0.25) is 0 Å². The van der Waals surface area contributed by atoms with E-state index in [9.17, 15) is 0 Å². The Morgan fingerprint density at radius 1 is 0.366 bits per heavy atom. The molecule has 193 valence electrons. The van der Waals surface area contributed by atoms with E-state index in [1.807, 2.05) is 60.7 Å². The molecule has 0 amide bonds. The van der Waals surface area contributed by atoms with Crippen molar-refractivity contribution in [2.24, 2.45) is 0 Å². The molecule has 0 saturated heterocycles. The summed E-state index contributed by atoms with van der Waals surface area (Å²) in [7, 11) is 0. The molecule has 0 bridgehead atoms. The second-order valence-corrected chi connectivity index (χ2v) is 10.7. The maximum atomic E-state index is 4.95. The average molecular weight is 590 g/mol. The molecule has 0 aliphatic heterocycles. The van der Waals surface area contributed by atoms with Crippen molar-refractivity contribution in [3.8, 4) is 56.4 Å². The third-order valence-corrected chi connectivity index (χ3v) is 8.15. The predicted octanol–water partition coefficient (Wildman–Crippen LogP) is 8.15. The molecule has 0 N–H and O–H groups in total. The van der Waals surface area contributed by atoms with Gasteiger partial charge in [-0.25, -0.2) is 0 Å². The molecule has 0 atom stereocenters. The van der Waals surface area contributed by atoms with Crippen molar-refractivity contribution in [1.29, 1.82) is 0 Å². The van der Waals surface area contributed by atoms with Gasteiger partial charge in [0.15, 0.2) is 0 Å². The minimum atomic E-state index is 0.638. The number of aromatic nitrogens is 3. The fourth-order valence-electron chi connectivity index (χ4n) is 5.20. The molecule has 0 fully saturated rings. The van der Waals surface area contributed by atoms with Crippen LogP contribution in [-0.2, 0) is 0 Å². The Balaban J connectivity index is 1.36. The van der Waals surface area contributed by atoms with Crippen LogP contribution in [0.25, 0.3) is 67.2 Å². The van der Waals surface area contributed by atoms with Crippen LogP contribution in [-0.4, -0.2) is 31.0 Å². The molecule has 1 heterocycles. The van der Waals surface area contributed by atoms with E-state index in [-0.39, 0.29) is 0 Å². The van der Waals surface area contributed by atoms with E-state index in [4.69, 9.17) is 15.0 Å². The molecule has 41 heavy (non-hydrogen) atoms. The molecule has 0 unspecified atom stereocenters. The molecule has 0 aliphatic carbocycles. The molecule has 7 aromatic rings. The van der Waals surface area contributed by atoms with Gasteiger partial charge in [0.05, 0.1) is 0 Å². The van der Waals surface area contributed by atoms with Gasteiger partial charge in [-0.1, -0.05) is 0 Å². The summed E-state index contributed by atoms with van der Waals surface area (Å²) in [6, 6.07) is 50.2. The summed E-state index contributed by atoms with van der Waals surface area (Å²) in [5.74, 6) is 1.94. The second kappa shape index (κ2) is 10.9. The molecule has 0 aliphatic rings. The number of rotatable bonds is 5. The Morgan fingerprint density at radius 3 is 1.54 bits per heavy atom. The molecule has 1 radical (unpaired) electrons. The van der Waals surface area contributed by atoms with Crippen LogP contribution in [0.4, 0.5) is 0 Å². The number of benzene rings is 6. The second-order valence-electron chi connectivity index (χ2n) is 9.83. The summed E-state index contributed by atoms with van der Waals surface area (Å²) < 4.78 is 1.01. The standard InChI is InChI=1S/C37H24N3Se/c41-34-32(29-19-9-18-28(24-29)31-21-10-17-25-12-7-8-20-30(25)31)22-11-23-33(34)37-39-35(26-13-3-1-4-14-26)38-36(40-37)27-15-5-2-6-16-27/h1-24H. The van der Waals surface area contributed by atoms with E-state index < -0.39 is 0 Å². The van der Waals surface area contributed by atoms with Gasteiger partial charge in [-0.05, 0) is 0 Å². The van der Waals surface area contributed by atoms with Crippen LogP contribution in [0.5, 0.6) is 0 Å². The van der Waals surface area contributed by atoms with E-state index in [1.54, 1.807) is 0 Å². The third kappa shape index (κ3) is 4.96. The fraction of sp³-hybridized carbons (Fsp3) is 0. The Kier molecular flexibility index (Phi) is 6.70. The first-order chi connectivity index (χ1) is 20.2. The summed E-state index contributed by atoms with van der Waals surface area (Å²) in [5.41, 5.74) is 7.49. The minimum absolute atomic E-state index is 0.638. The number of nitrogens with zero attached hydrogens (tertiary/aromatic N) is 3. The normalized spacial score (nSPS) is 11.0. The first-order valence-electron chi connectivity index (χ1n) is 13.5. The SMILES string of the molecule is [Se]c1c(-c2cccc(-c3cccc4ccccc34)c2)cccc1-c1nc(-c2ccccc2)nc(-c2ccccc2)n1. The molecular formula is C37H24N3Se. The van der Waals surface area contributed by atoms with Crippen molar-refractivity contribution >= 4 is 31.2 Å². The zero-order valence-corrected chi connectivity index (χ0v) is 23.8. The predicted molar refractivity (Wildman–Crippen MR) is 170 cm³/mol. The van der Waals surface area contributed by atoms with Crippen molar-refractivity contribution in [3.05, 3.63) is 146 Å². The van der Waals surface area contributed by atoms with Crippen molar-refractivity contribution in [3.63, 3.8) is 0 Å². The molecule has 0 saturated carbocycles. The van der Waals surface area contributed by atoms with E-state index >= 15 is 0 Å². The Bertz CT molecular complexity index is 1940. The van der Waals surface area contributed by atoms with Crippen molar-refractivity contribution in [2.45, 2.75) is 0 Å². The third-order valence-electron chi connectivity index (χ3n) is 7.23. The van der Waals surface area contributed by atoms with Crippen molar-refractivity contribution in [2.75, 3.05) is 0 Å². The van der Waals surface area contributed by atoms with Gasteiger partial charge in [0.1, 0.15) is 0 Å². The van der Waals surface area contributed by atoms with Crippen LogP contribution in [0, 0.1) is 0 Å². The monoisotopic (exact) mass is 590 g/mol. The summed E-state index contributed by atoms with van der Waals surface area (Å²) >= 11 is 3.34. The van der Waals surface area contributed by atoms with Crippen LogP contribution in [0.1, 0.15) is 0 Å². The quantitative estimate of drug-likeness (QED) is 0.190. The molecule has 6 aromatic carbocycles. The topological polar surface area (TPSA) is 38.7 Å². The maximum absolute atomic E-state index is 4.95. The van der Waals surface area contributed by atoms with Crippen LogP contribution in [0.15, 0.2) is 146 Å². The molecule has 7 rings (SSSR count). The van der Waals surface area contributed by atoms with Gasteiger partial charge in [-0.3, -0.25) is 0 Å². The number of fused-ring (bicyclic) bond motifs is 1. The van der Waals surface area contributed by atoms with Gasteiger partial charge in [-0.15, -0.1) is 0 Å². The van der Waals surface area contributed by atoms with Gasteiger partial charge >= 0.3 is 248 Å². The number of hydrogen-bond acceptors (Lipinski definition) is 3. The van der Waals surface area contributed by atoms with Crippen LogP contribution < -0.4 is 4.46 Å². The molecule has 4 heteroatoms. The first kappa shape index (κ1) is 25.1. The van der Waals surface area contributed by atoms with Crippen molar-refractivity contribution < 1.29 is 0 Å². The summed E-state index contributed by atoms with van der Waals surface area (Å²) in [6.45, 7) is 0. The van der Waals surface area contributed by atoms with Gasteiger partial charge in [-0.2, -0.15) is 0 Å². The Hall–Kier alpha value is -4.89. The molecule has 3 nitrogen and oxygen atoms in total. The van der Waals surface area contributed by atoms with E-state index in [2.05, 4.69) is 101 Å². The summed E-state index contributed by atoms with van der Waals surface area (Å²) in [5, 5.41) is 2.48. The van der Waals surface area contributed by atoms with Gasteiger partial charge < -0.3 is 0 Å². The zero-order chi connectivity index (χ0) is 27.6. The first-order valence-corrected chi connectivity index (χ1v) is 14.4. The summed E-state index contributed by atoms with van der Waals surface area (Å²) in [6.07, 6.45) is 0. The molecule has 0 spiro atoms. The van der Waals surface area contributed by atoms with Gasteiger partial charge in [0.25, 0.3) is 0 Å². The van der Waals surface area contributed by atoms with E-state index in [1.165, 1.54) is 21.9 Å². The van der Waals surface area contributed by atoms with Crippen molar-refractivity contribution in [1.82, 2.24) is 15.0 Å². The summed E-state index contributed by atoms with van der Waals surface area (Å²) in [4.78, 5) is 14.8. The van der Waals surface area contributed by atoms with E-state index in [0.717, 1.165) is 32.3 Å². The van der Waals surface area contributed by atoms with Gasteiger partial charge in [0, 0.05) is 0 Å². The average Bonchev–Trinajstić information content (AvgIpc) is 3.05. The Morgan fingerprint density at radius 2 is 0.829 bits per heavy atom. The van der Waals surface area contributed by atoms with Crippen LogP contribution in [0.2, 0.25) is 0 Å². The van der Waals surface area contributed by atoms with Crippen LogP contribution in [0.3, 0.4) is 0 Å². The van der Waals surface area contributed by atoms with E-state index in [0.29, 0.717) is 17.5 Å². The Labute approximate surface area is 247 Å². The zero-order valence-electron chi connectivity index (χ0n) is 22.1. The fourth-order valence-corrected chi connectivity index (χ4v) is 5.93. The number of hydrogen-bond donors (Lipinski definition) is 0. The van der Waals surface area contributed by atoms with Crippen LogP contribution >= 0.6 is 0 Å².